The summed E-state index contributed by atoms with van der Waals surface area (Å²) in [6, 6.07) is 19.3. The zero-order valence-corrected chi connectivity index (χ0v) is 17.0. The molecule has 0 radical (unpaired) electrons. The van der Waals surface area contributed by atoms with Gasteiger partial charge in [-0.1, -0.05) is 30.3 Å². The molecule has 4 rings (SSSR count). The number of para-hydroxylation sites is 1. The molecule has 0 fully saturated rings. The van der Waals surface area contributed by atoms with E-state index in [1.807, 2.05) is 6.07 Å². The van der Waals surface area contributed by atoms with E-state index < -0.39 is 0 Å². The Balaban J connectivity index is 0.00000210. The number of pyridine rings is 1. The van der Waals surface area contributed by atoms with E-state index in [4.69, 9.17) is 9.72 Å². The molecule has 0 aliphatic heterocycles. The van der Waals surface area contributed by atoms with Crippen LogP contribution in [-0.2, 0) is 12.8 Å². The Hall–Kier alpha value is -2.10. The van der Waals surface area contributed by atoms with E-state index in [0.29, 0.717) is 11.8 Å². The van der Waals surface area contributed by atoms with Crippen molar-refractivity contribution >= 4 is 23.3 Å². The molecule has 3 nitrogen and oxygen atoms in total. The van der Waals surface area contributed by atoms with Gasteiger partial charge in [-0.2, -0.15) is 0 Å². The van der Waals surface area contributed by atoms with E-state index in [9.17, 15) is 0 Å². The molecule has 0 saturated carbocycles. The Bertz CT molecular complexity index is 925. The minimum absolute atomic E-state index is 0. The number of rotatable bonds is 4. The van der Waals surface area contributed by atoms with E-state index in [1.165, 1.54) is 22.2 Å². The van der Waals surface area contributed by atoms with Crippen LogP contribution in [0.15, 0.2) is 54.6 Å². The van der Waals surface area contributed by atoms with Crippen LogP contribution in [0.2, 0.25) is 0 Å². The minimum atomic E-state index is 0. The summed E-state index contributed by atoms with van der Waals surface area (Å²) in [7, 11) is 6.06. The van der Waals surface area contributed by atoms with Crippen LogP contribution in [0.4, 0.5) is 0 Å². The molecule has 1 aromatic heterocycles. The molecule has 0 bridgehead atoms. The van der Waals surface area contributed by atoms with Gasteiger partial charge in [0.25, 0.3) is 0 Å². The van der Waals surface area contributed by atoms with Gasteiger partial charge in [-0.3, -0.25) is 4.98 Å². The number of aromatic nitrogens is 1. The van der Waals surface area contributed by atoms with Crippen LogP contribution >= 0.6 is 12.4 Å². The summed E-state index contributed by atoms with van der Waals surface area (Å²) in [4.78, 5) is 7.31. The molecule has 0 spiro atoms. The number of hydrogen-bond donors (Lipinski definition) is 0. The molecule has 3 aromatic rings. The van der Waals surface area contributed by atoms with E-state index in [2.05, 4.69) is 67.5 Å². The van der Waals surface area contributed by atoms with Gasteiger partial charge in [-0.15, -0.1) is 12.4 Å². The van der Waals surface area contributed by atoms with Crippen LogP contribution in [0.5, 0.6) is 5.75 Å². The van der Waals surface area contributed by atoms with Gasteiger partial charge < -0.3 is 9.64 Å². The lowest BCUT2D eigenvalue weighted by Gasteiger charge is -2.35. The molecule has 2 aromatic carbocycles. The van der Waals surface area contributed by atoms with E-state index in [0.717, 1.165) is 30.7 Å². The SMILES string of the molecule is COc1cccc([C@H]2Cc3nc4ccccc4cc3C[C@@H]2CN(C)C)c1.Cl. The molecule has 2 atom stereocenters. The molecule has 142 valence electrons. The Labute approximate surface area is 167 Å². The third-order valence-corrected chi connectivity index (χ3v) is 5.48. The van der Waals surface area contributed by atoms with Gasteiger partial charge in [0.2, 0.25) is 0 Å². The van der Waals surface area contributed by atoms with Crippen LogP contribution in [-0.4, -0.2) is 37.6 Å². The molecule has 1 heterocycles. The van der Waals surface area contributed by atoms with Crippen molar-refractivity contribution in [3.8, 4) is 5.75 Å². The van der Waals surface area contributed by atoms with E-state index >= 15 is 0 Å². The molecular formula is C23H27ClN2O. The highest BCUT2D eigenvalue weighted by Crippen LogP contribution is 2.38. The average molecular weight is 383 g/mol. The molecule has 0 N–H and O–H groups in total. The van der Waals surface area contributed by atoms with Gasteiger partial charge in [-0.25, -0.2) is 0 Å². The molecule has 0 saturated heterocycles. The Morgan fingerprint density at radius 2 is 1.85 bits per heavy atom. The molecule has 0 unspecified atom stereocenters. The second-order valence-corrected chi connectivity index (χ2v) is 7.60. The lowest BCUT2D eigenvalue weighted by molar-refractivity contribution is 0.274. The zero-order chi connectivity index (χ0) is 18.1. The first kappa shape index (κ1) is 19.7. The lowest BCUT2D eigenvalue weighted by Crippen LogP contribution is -2.33. The van der Waals surface area contributed by atoms with Gasteiger partial charge >= 0.3 is 0 Å². The smallest absolute Gasteiger partial charge is 0.119 e. The highest BCUT2D eigenvalue weighted by molar-refractivity contribution is 5.85. The van der Waals surface area contributed by atoms with Crippen molar-refractivity contribution in [1.82, 2.24) is 9.88 Å². The van der Waals surface area contributed by atoms with Crippen molar-refractivity contribution < 1.29 is 4.74 Å². The number of halogens is 1. The summed E-state index contributed by atoms with van der Waals surface area (Å²) in [5.41, 5.74) is 5.12. The van der Waals surface area contributed by atoms with Crippen LogP contribution in [0.1, 0.15) is 22.7 Å². The van der Waals surface area contributed by atoms with Crippen LogP contribution in [0.3, 0.4) is 0 Å². The Kier molecular flexibility index (Phi) is 6.03. The van der Waals surface area contributed by atoms with Gasteiger partial charge in [0.05, 0.1) is 12.6 Å². The third-order valence-electron chi connectivity index (χ3n) is 5.48. The standard InChI is InChI=1S/C23H26N2O.ClH/c1-25(2)15-19-12-18-11-17-7-4-5-10-22(17)24-23(18)14-21(19)16-8-6-9-20(13-16)26-3;/h4-11,13,19,21H,12,14-15H2,1-3H3;1H/t19-,21-;/m1./s1. The predicted octanol–water partition coefficient (Wildman–Crippen LogP) is 4.73. The second kappa shape index (κ2) is 8.28. The maximum atomic E-state index is 5.46. The summed E-state index contributed by atoms with van der Waals surface area (Å²) in [5, 5.41) is 1.25. The van der Waals surface area contributed by atoms with Crippen molar-refractivity contribution in [2.24, 2.45) is 5.92 Å². The average Bonchev–Trinajstić information content (AvgIpc) is 2.65. The molecule has 1 aliphatic carbocycles. The summed E-state index contributed by atoms with van der Waals surface area (Å²) in [6.45, 7) is 1.08. The number of nitrogens with zero attached hydrogens (tertiary/aromatic N) is 2. The zero-order valence-electron chi connectivity index (χ0n) is 16.2. The van der Waals surface area contributed by atoms with Gasteiger partial charge in [0.1, 0.15) is 5.75 Å². The normalized spacial score (nSPS) is 18.8. The first-order chi connectivity index (χ1) is 12.6. The Morgan fingerprint density at radius 1 is 1.04 bits per heavy atom. The Morgan fingerprint density at radius 3 is 2.63 bits per heavy atom. The van der Waals surface area contributed by atoms with Crippen molar-refractivity contribution in [2.45, 2.75) is 18.8 Å². The van der Waals surface area contributed by atoms with Crippen LogP contribution in [0, 0.1) is 5.92 Å². The number of benzene rings is 2. The fourth-order valence-corrected chi connectivity index (χ4v) is 4.28. The van der Waals surface area contributed by atoms with Crippen molar-refractivity contribution in [1.29, 1.82) is 0 Å². The maximum Gasteiger partial charge on any atom is 0.119 e. The van der Waals surface area contributed by atoms with Crippen molar-refractivity contribution in [3.05, 3.63) is 71.4 Å². The van der Waals surface area contributed by atoms with Crippen molar-refractivity contribution in [3.63, 3.8) is 0 Å². The van der Waals surface area contributed by atoms with E-state index in [1.54, 1.807) is 7.11 Å². The number of hydrogen-bond acceptors (Lipinski definition) is 3. The molecular weight excluding hydrogens is 356 g/mol. The lowest BCUT2D eigenvalue weighted by atomic mass is 9.74. The largest absolute Gasteiger partial charge is 0.497 e. The first-order valence-electron chi connectivity index (χ1n) is 9.30. The second-order valence-electron chi connectivity index (χ2n) is 7.60. The molecule has 4 heteroatoms. The summed E-state index contributed by atoms with van der Waals surface area (Å²) >= 11 is 0. The first-order valence-corrected chi connectivity index (χ1v) is 9.30. The van der Waals surface area contributed by atoms with Gasteiger partial charge in [0.15, 0.2) is 0 Å². The summed E-state index contributed by atoms with van der Waals surface area (Å²) in [6.07, 6.45) is 2.07. The van der Waals surface area contributed by atoms with Crippen LogP contribution in [0.25, 0.3) is 10.9 Å². The quantitative estimate of drug-likeness (QED) is 0.652. The van der Waals surface area contributed by atoms with Gasteiger partial charge in [-0.05, 0) is 74.2 Å². The van der Waals surface area contributed by atoms with Crippen LogP contribution < -0.4 is 4.74 Å². The molecule has 0 amide bonds. The summed E-state index contributed by atoms with van der Waals surface area (Å²) in [5.74, 6) is 1.98. The monoisotopic (exact) mass is 382 g/mol. The topological polar surface area (TPSA) is 25.4 Å². The number of fused-ring (bicyclic) bond motifs is 2. The third kappa shape index (κ3) is 4.10. The fraction of sp³-hybridized carbons (Fsp3) is 0.348. The number of ether oxygens (including phenoxy) is 1. The predicted molar refractivity (Wildman–Crippen MR) is 114 cm³/mol. The fourth-order valence-electron chi connectivity index (χ4n) is 4.28. The molecule has 27 heavy (non-hydrogen) atoms. The maximum absolute atomic E-state index is 5.46. The van der Waals surface area contributed by atoms with Gasteiger partial charge in [0, 0.05) is 17.6 Å². The van der Waals surface area contributed by atoms with Crippen molar-refractivity contribution in [2.75, 3.05) is 27.7 Å². The highest BCUT2D eigenvalue weighted by atomic mass is 35.5. The highest BCUT2D eigenvalue weighted by Gasteiger charge is 2.31. The summed E-state index contributed by atoms with van der Waals surface area (Å²) < 4.78 is 5.46. The molecule has 1 aliphatic rings. The minimum Gasteiger partial charge on any atom is -0.497 e. The van der Waals surface area contributed by atoms with E-state index in [-0.39, 0.29) is 12.4 Å². The number of methoxy groups -OCH3 is 1.